The number of hydrogen-bond acceptors (Lipinski definition) is 2. The highest BCUT2D eigenvalue weighted by Gasteiger charge is 2.12. The fourth-order valence-electron chi connectivity index (χ4n) is 1.35. The fourth-order valence-corrected chi connectivity index (χ4v) is 1.48. The Morgan fingerprint density at radius 3 is 2.67 bits per heavy atom. The number of nitrogens with one attached hydrogen (secondary N) is 2. The van der Waals surface area contributed by atoms with Crippen LogP contribution in [0.5, 0.6) is 0 Å². The normalized spacial score (nSPS) is 11.1. The highest BCUT2D eigenvalue weighted by atomic mass is 35.5. The van der Waals surface area contributed by atoms with Crippen LogP contribution in [0.1, 0.15) is 18.5 Å². The van der Waals surface area contributed by atoms with Crippen molar-refractivity contribution in [1.82, 2.24) is 10.6 Å². The molecule has 1 aromatic carbocycles. The number of carbonyl (C=O) groups is 1. The number of carbonyl (C=O) groups excluding carboxylic acids is 1. The molecule has 1 rings (SSSR count). The van der Waals surface area contributed by atoms with E-state index in [-0.39, 0.29) is 19.2 Å². The largest absolute Gasteiger partial charge is 0.394 e. The Balaban J connectivity index is 2.58. The Bertz CT molecular complexity index is 448. The van der Waals surface area contributed by atoms with Crippen LogP contribution in [0, 0.1) is 11.8 Å². The van der Waals surface area contributed by atoms with Gasteiger partial charge in [0.1, 0.15) is 0 Å². The summed E-state index contributed by atoms with van der Waals surface area (Å²) in [6.07, 6.45) is 0. The summed E-state index contributed by atoms with van der Waals surface area (Å²) < 4.78 is 0. The number of aliphatic hydroxyl groups is 1. The van der Waals surface area contributed by atoms with Crippen LogP contribution in [-0.2, 0) is 0 Å². The molecule has 2 amide bonds. The van der Waals surface area contributed by atoms with Crippen molar-refractivity contribution in [3.63, 3.8) is 0 Å². The average molecular weight is 267 g/mol. The minimum atomic E-state index is -0.461. The second-order valence-electron chi connectivity index (χ2n) is 3.54. The molecule has 0 bridgehead atoms. The van der Waals surface area contributed by atoms with Crippen molar-refractivity contribution in [2.45, 2.75) is 13.0 Å². The van der Waals surface area contributed by atoms with Crippen molar-refractivity contribution in [3.8, 4) is 11.8 Å². The minimum absolute atomic E-state index is 0.186. The molecule has 1 aromatic rings. The summed E-state index contributed by atoms with van der Waals surface area (Å²) in [5.74, 6) is 5.39. The third kappa shape index (κ3) is 4.66. The predicted molar refractivity (Wildman–Crippen MR) is 71.3 cm³/mol. The lowest BCUT2D eigenvalue weighted by Crippen LogP contribution is -2.39. The topological polar surface area (TPSA) is 61.4 Å². The third-order valence-electron chi connectivity index (χ3n) is 2.27. The molecular weight excluding hydrogens is 252 g/mol. The molecule has 0 heterocycles. The quantitative estimate of drug-likeness (QED) is 0.727. The van der Waals surface area contributed by atoms with Gasteiger partial charge in [0.25, 0.3) is 0 Å². The molecule has 3 N–H and O–H groups in total. The van der Waals surface area contributed by atoms with E-state index < -0.39 is 6.04 Å². The van der Waals surface area contributed by atoms with Gasteiger partial charge in [0.15, 0.2) is 0 Å². The van der Waals surface area contributed by atoms with Crippen LogP contribution in [0.3, 0.4) is 0 Å². The Labute approximate surface area is 111 Å². The van der Waals surface area contributed by atoms with E-state index in [1.807, 2.05) is 0 Å². The first kappa shape index (κ1) is 14.4. The lowest BCUT2D eigenvalue weighted by Gasteiger charge is -2.16. The summed E-state index contributed by atoms with van der Waals surface area (Å²) in [7, 11) is 0. The molecule has 0 aliphatic rings. The highest BCUT2D eigenvalue weighted by molar-refractivity contribution is 6.30. The number of benzene rings is 1. The Morgan fingerprint density at radius 2 is 2.11 bits per heavy atom. The summed E-state index contributed by atoms with van der Waals surface area (Å²) in [6, 6.07) is 6.11. The van der Waals surface area contributed by atoms with Gasteiger partial charge in [0.05, 0.1) is 19.2 Å². The van der Waals surface area contributed by atoms with Crippen LogP contribution in [0.25, 0.3) is 0 Å². The number of halogens is 1. The molecule has 0 aromatic heterocycles. The van der Waals surface area contributed by atoms with Gasteiger partial charge in [-0.05, 0) is 24.6 Å². The first-order chi connectivity index (χ1) is 8.67. The van der Waals surface area contributed by atoms with Crippen LogP contribution in [0.15, 0.2) is 24.3 Å². The van der Waals surface area contributed by atoms with Crippen LogP contribution >= 0.6 is 11.6 Å². The van der Waals surface area contributed by atoms with Gasteiger partial charge >= 0.3 is 6.03 Å². The Hall–Kier alpha value is -1.70. The van der Waals surface area contributed by atoms with E-state index in [2.05, 4.69) is 22.5 Å². The lowest BCUT2D eigenvalue weighted by atomic mass is 10.1. The second-order valence-corrected chi connectivity index (χ2v) is 3.98. The SMILES string of the molecule is CC#CCNC(=O)NC(CO)c1ccc(Cl)cc1. The van der Waals surface area contributed by atoms with Crippen molar-refractivity contribution < 1.29 is 9.90 Å². The van der Waals surface area contributed by atoms with Crippen molar-refractivity contribution >= 4 is 17.6 Å². The molecule has 0 aliphatic heterocycles. The zero-order valence-electron chi connectivity index (χ0n) is 10.0. The number of amides is 2. The van der Waals surface area contributed by atoms with Crippen molar-refractivity contribution in [1.29, 1.82) is 0 Å². The molecule has 0 radical (unpaired) electrons. The standard InChI is InChI=1S/C13H15ClN2O2/c1-2-3-8-15-13(18)16-12(9-17)10-4-6-11(14)7-5-10/h4-7,12,17H,8-9H2,1H3,(H2,15,16,18). The van der Waals surface area contributed by atoms with Gasteiger partial charge in [-0.3, -0.25) is 0 Å². The molecule has 5 heteroatoms. The first-order valence-corrected chi connectivity index (χ1v) is 5.85. The Kier molecular flexibility index (Phi) is 6.06. The summed E-state index contributed by atoms with van der Waals surface area (Å²) in [5.41, 5.74) is 0.790. The molecule has 0 fully saturated rings. The maximum Gasteiger partial charge on any atom is 0.316 e. The van der Waals surface area contributed by atoms with Gasteiger partial charge < -0.3 is 15.7 Å². The number of aliphatic hydroxyl groups excluding tert-OH is 1. The average Bonchev–Trinajstić information content (AvgIpc) is 2.37. The van der Waals surface area contributed by atoms with Gasteiger partial charge in [-0.1, -0.05) is 29.7 Å². The highest BCUT2D eigenvalue weighted by Crippen LogP contribution is 2.15. The summed E-state index contributed by atoms with van der Waals surface area (Å²) in [5, 5.41) is 15.1. The van der Waals surface area contributed by atoms with Gasteiger partial charge in [-0.25, -0.2) is 4.79 Å². The second kappa shape index (κ2) is 7.59. The molecule has 0 aliphatic carbocycles. The maximum atomic E-state index is 11.5. The predicted octanol–water partition coefficient (Wildman–Crippen LogP) is 1.70. The summed E-state index contributed by atoms with van der Waals surface area (Å²) in [4.78, 5) is 11.5. The van der Waals surface area contributed by atoms with Gasteiger partial charge in [-0.2, -0.15) is 0 Å². The van der Waals surface area contributed by atoms with E-state index in [4.69, 9.17) is 11.6 Å². The molecular formula is C13H15ClN2O2. The van der Waals surface area contributed by atoms with E-state index in [1.165, 1.54) is 0 Å². The lowest BCUT2D eigenvalue weighted by molar-refractivity contribution is 0.218. The van der Waals surface area contributed by atoms with Crippen LogP contribution < -0.4 is 10.6 Å². The number of rotatable bonds is 4. The summed E-state index contributed by atoms with van der Waals surface area (Å²) in [6.45, 7) is 1.79. The zero-order valence-corrected chi connectivity index (χ0v) is 10.8. The molecule has 4 nitrogen and oxygen atoms in total. The molecule has 0 saturated carbocycles. The molecule has 18 heavy (non-hydrogen) atoms. The molecule has 0 saturated heterocycles. The molecule has 0 spiro atoms. The monoisotopic (exact) mass is 266 g/mol. The smallest absolute Gasteiger partial charge is 0.316 e. The fraction of sp³-hybridized carbons (Fsp3) is 0.308. The van der Waals surface area contributed by atoms with Gasteiger partial charge in [0.2, 0.25) is 0 Å². The van der Waals surface area contributed by atoms with Crippen LogP contribution in [-0.4, -0.2) is 24.3 Å². The van der Waals surface area contributed by atoms with E-state index in [0.29, 0.717) is 5.02 Å². The van der Waals surface area contributed by atoms with Gasteiger partial charge in [-0.15, -0.1) is 5.92 Å². The van der Waals surface area contributed by atoms with Crippen molar-refractivity contribution in [2.24, 2.45) is 0 Å². The first-order valence-electron chi connectivity index (χ1n) is 5.47. The van der Waals surface area contributed by atoms with Crippen molar-refractivity contribution in [3.05, 3.63) is 34.9 Å². The number of hydrogen-bond donors (Lipinski definition) is 3. The molecule has 96 valence electrons. The Morgan fingerprint density at radius 1 is 1.44 bits per heavy atom. The maximum absolute atomic E-state index is 11.5. The van der Waals surface area contributed by atoms with Crippen molar-refractivity contribution in [2.75, 3.05) is 13.2 Å². The zero-order chi connectivity index (χ0) is 13.4. The van der Waals surface area contributed by atoms with Gasteiger partial charge in [0, 0.05) is 5.02 Å². The van der Waals surface area contributed by atoms with E-state index in [1.54, 1.807) is 31.2 Å². The van der Waals surface area contributed by atoms with E-state index in [0.717, 1.165) is 5.56 Å². The molecule has 1 unspecified atom stereocenters. The van der Waals surface area contributed by atoms with Crippen LogP contribution in [0.4, 0.5) is 4.79 Å². The molecule has 1 atom stereocenters. The number of urea groups is 1. The van der Waals surface area contributed by atoms with Crippen LogP contribution in [0.2, 0.25) is 5.02 Å². The minimum Gasteiger partial charge on any atom is -0.394 e. The summed E-state index contributed by atoms with van der Waals surface area (Å²) >= 11 is 5.77. The third-order valence-corrected chi connectivity index (χ3v) is 2.53. The van der Waals surface area contributed by atoms with E-state index in [9.17, 15) is 9.90 Å². The van der Waals surface area contributed by atoms with E-state index >= 15 is 0 Å².